The highest BCUT2D eigenvalue weighted by Crippen LogP contribution is 2.29. The first-order chi connectivity index (χ1) is 14.2. The van der Waals surface area contributed by atoms with E-state index in [9.17, 15) is 10.1 Å². The number of hydrogen-bond acceptors (Lipinski definition) is 4. The molecule has 5 nitrogen and oxygen atoms in total. The number of carbonyl (C=O) groups is 1. The molecule has 1 heterocycles. The fourth-order valence-electron chi connectivity index (χ4n) is 4.08. The molecule has 0 N–H and O–H groups in total. The number of rotatable bonds is 6. The molecule has 29 heavy (non-hydrogen) atoms. The summed E-state index contributed by atoms with van der Waals surface area (Å²) in [6.45, 7) is 4.71. The van der Waals surface area contributed by atoms with Crippen LogP contribution in [0.5, 0.6) is 0 Å². The summed E-state index contributed by atoms with van der Waals surface area (Å²) in [5, 5.41) is 9.39. The van der Waals surface area contributed by atoms with Crippen molar-refractivity contribution in [2.24, 2.45) is 0 Å². The van der Waals surface area contributed by atoms with Gasteiger partial charge < -0.3 is 9.80 Å². The summed E-state index contributed by atoms with van der Waals surface area (Å²) >= 11 is 0. The lowest BCUT2D eigenvalue weighted by Crippen LogP contribution is -2.42. The van der Waals surface area contributed by atoms with Gasteiger partial charge in [-0.05, 0) is 37.0 Å². The Kier molecular flexibility index (Phi) is 6.12. The van der Waals surface area contributed by atoms with Gasteiger partial charge in [0, 0.05) is 38.8 Å². The third-order valence-electron chi connectivity index (χ3n) is 5.82. The second-order valence-corrected chi connectivity index (χ2v) is 7.98. The van der Waals surface area contributed by atoms with Crippen LogP contribution in [0.3, 0.4) is 0 Å². The number of hydrogen-bond donors (Lipinski definition) is 0. The molecule has 0 spiro atoms. The Morgan fingerprint density at radius 2 is 1.76 bits per heavy atom. The van der Waals surface area contributed by atoms with Crippen LogP contribution in [0.1, 0.15) is 30.4 Å². The van der Waals surface area contributed by atoms with Crippen LogP contribution in [0, 0.1) is 11.3 Å². The third-order valence-corrected chi connectivity index (χ3v) is 5.82. The number of anilines is 1. The predicted molar refractivity (Wildman–Crippen MR) is 114 cm³/mol. The molecule has 0 unspecified atom stereocenters. The lowest BCUT2D eigenvalue weighted by Gasteiger charge is -2.27. The zero-order valence-corrected chi connectivity index (χ0v) is 16.8. The Morgan fingerprint density at radius 3 is 2.52 bits per heavy atom. The summed E-state index contributed by atoms with van der Waals surface area (Å²) in [6.07, 6.45) is 3.24. The first-order valence-electron chi connectivity index (χ1n) is 10.5. The van der Waals surface area contributed by atoms with Gasteiger partial charge in [0.05, 0.1) is 17.8 Å². The Labute approximate surface area is 173 Å². The van der Waals surface area contributed by atoms with Crippen molar-refractivity contribution in [2.75, 3.05) is 37.6 Å². The van der Waals surface area contributed by atoms with E-state index >= 15 is 0 Å². The Balaban J connectivity index is 1.37. The van der Waals surface area contributed by atoms with E-state index in [2.05, 4.69) is 32.9 Å². The van der Waals surface area contributed by atoms with Crippen LogP contribution < -0.4 is 4.90 Å². The van der Waals surface area contributed by atoms with Gasteiger partial charge >= 0.3 is 0 Å². The van der Waals surface area contributed by atoms with Crippen LogP contribution in [0.2, 0.25) is 0 Å². The van der Waals surface area contributed by atoms with Gasteiger partial charge in [-0.25, -0.2) is 0 Å². The van der Waals surface area contributed by atoms with E-state index in [4.69, 9.17) is 0 Å². The summed E-state index contributed by atoms with van der Waals surface area (Å²) in [5.41, 5.74) is 2.93. The van der Waals surface area contributed by atoms with Gasteiger partial charge in [0.25, 0.3) is 0 Å². The van der Waals surface area contributed by atoms with Crippen LogP contribution in [0.25, 0.3) is 0 Å². The van der Waals surface area contributed by atoms with Crippen LogP contribution in [-0.4, -0.2) is 54.5 Å². The van der Waals surface area contributed by atoms with Gasteiger partial charge in [0.2, 0.25) is 5.91 Å². The van der Waals surface area contributed by atoms with Gasteiger partial charge in [-0.2, -0.15) is 5.26 Å². The van der Waals surface area contributed by atoms with Crippen molar-refractivity contribution in [3.63, 3.8) is 0 Å². The molecule has 2 fully saturated rings. The fourth-order valence-corrected chi connectivity index (χ4v) is 4.08. The minimum Gasteiger partial charge on any atom is -0.369 e. The molecule has 0 atom stereocenters. The zero-order valence-electron chi connectivity index (χ0n) is 16.8. The molecule has 1 saturated heterocycles. The molecule has 5 heteroatoms. The van der Waals surface area contributed by atoms with Crippen LogP contribution in [0.15, 0.2) is 54.6 Å². The maximum atomic E-state index is 13.1. The molecule has 1 amide bonds. The maximum absolute atomic E-state index is 13.1. The van der Waals surface area contributed by atoms with E-state index in [1.807, 2.05) is 42.5 Å². The Bertz CT molecular complexity index is 872. The van der Waals surface area contributed by atoms with E-state index in [-0.39, 0.29) is 5.91 Å². The Morgan fingerprint density at radius 1 is 1.00 bits per heavy atom. The zero-order chi connectivity index (χ0) is 20.1. The van der Waals surface area contributed by atoms with Crippen molar-refractivity contribution in [1.29, 1.82) is 5.26 Å². The highest BCUT2D eigenvalue weighted by atomic mass is 16.2. The third kappa shape index (κ3) is 4.96. The highest BCUT2D eigenvalue weighted by molar-refractivity contribution is 5.79. The van der Waals surface area contributed by atoms with Crippen molar-refractivity contribution in [3.8, 4) is 6.07 Å². The molecule has 1 aliphatic heterocycles. The smallest absolute Gasteiger partial charge is 0.237 e. The first kappa shape index (κ1) is 19.5. The lowest BCUT2D eigenvalue weighted by molar-refractivity contribution is -0.133. The average Bonchev–Trinajstić information content (AvgIpc) is 3.61. The second kappa shape index (κ2) is 9.11. The monoisotopic (exact) mass is 388 g/mol. The largest absolute Gasteiger partial charge is 0.369 e. The predicted octanol–water partition coefficient (Wildman–Crippen LogP) is 3.26. The molecular formula is C24H28N4O. The van der Waals surface area contributed by atoms with Crippen molar-refractivity contribution in [2.45, 2.75) is 31.8 Å². The molecule has 150 valence electrons. The first-order valence-corrected chi connectivity index (χ1v) is 10.5. The summed E-state index contributed by atoms with van der Waals surface area (Å²) in [7, 11) is 0. The van der Waals surface area contributed by atoms with E-state index in [0.717, 1.165) is 56.7 Å². The van der Waals surface area contributed by atoms with Gasteiger partial charge in [0.15, 0.2) is 0 Å². The molecule has 4 rings (SSSR count). The fraction of sp³-hybridized carbons (Fsp3) is 0.417. The number of benzene rings is 2. The number of nitrogens with zero attached hydrogens (tertiary/aromatic N) is 4. The number of para-hydroxylation sites is 1. The molecule has 1 aliphatic carbocycles. The summed E-state index contributed by atoms with van der Waals surface area (Å²) in [4.78, 5) is 19.7. The highest BCUT2D eigenvalue weighted by Gasteiger charge is 2.33. The molecule has 2 aromatic rings. The minimum absolute atomic E-state index is 0.238. The summed E-state index contributed by atoms with van der Waals surface area (Å²) in [5.74, 6) is 0.238. The van der Waals surface area contributed by atoms with Gasteiger partial charge in [-0.3, -0.25) is 9.69 Å². The average molecular weight is 389 g/mol. The number of nitriles is 1. The van der Waals surface area contributed by atoms with Crippen molar-refractivity contribution in [3.05, 3.63) is 65.7 Å². The van der Waals surface area contributed by atoms with Crippen molar-refractivity contribution < 1.29 is 4.79 Å². The molecule has 2 aromatic carbocycles. The molecule has 2 aliphatic rings. The molecule has 0 bridgehead atoms. The summed E-state index contributed by atoms with van der Waals surface area (Å²) < 4.78 is 0. The Hall–Kier alpha value is -2.84. The second-order valence-electron chi connectivity index (χ2n) is 7.98. The molecule has 1 saturated carbocycles. The van der Waals surface area contributed by atoms with E-state index in [0.29, 0.717) is 19.1 Å². The van der Waals surface area contributed by atoms with E-state index in [1.165, 1.54) is 5.56 Å². The minimum atomic E-state index is 0.238. The van der Waals surface area contributed by atoms with Crippen LogP contribution >= 0.6 is 0 Å². The standard InChI is InChI=1S/C24H28N4O/c25-17-21-9-4-5-10-23(21)27-14-6-13-26(15-16-27)19-24(29)28(22-11-12-22)18-20-7-2-1-3-8-20/h1-5,7-10,22H,6,11-16,18-19H2. The van der Waals surface area contributed by atoms with E-state index in [1.54, 1.807) is 0 Å². The maximum Gasteiger partial charge on any atom is 0.237 e. The van der Waals surface area contributed by atoms with Crippen molar-refractivity contribution >= 4 is 11.6 Å². The van der Waals surface area contributed by atoms with Gasteiger partial charge in [0.1, 0.15) is 6.07 Å². The topological polar surface area (TPSA) is 50.6 Å². The molecule has 0 radical (unpaired) electrons. The molecule has 0 aromatic heterocycles. The SMILES string of the molecule is N#Cc1ccccc1N1CCCN(CC(=O)N(Cc2ccccc2)C2CC2)CC1. The summed E-state index contributed by atoms with van der Waals surface area (Å²) in [6, 6.07) is 20.8. The normalized spacial score (nSPS) is 17.4. The lowest BCUT2D eigenvalue weighted by atomic mass is 10.1. The van der Waals surface area contributed by atoms with Gasteiger partial charge in [-0.1, -0.05) is 42.5 Å². The van der Waals surface area contributed by atoms with Crippen LogP contribution in [0.4, 0.5) is 5.69 Å². The van der Waals surface area contributed by atoms with Gasteiger partial charge in [-0.15, -0.1) is 0 Å². The number of amides is 1. The quantitative estimate of drug-likeness (QED) is 0.762. The molecular weight excluding hydrogens is 360 g/mol. The van der Waals surface area contributed by atoms with E-state index < -0.39 is 0 Å². The van der Waals surface area contributed by atoms with Crippen molar-refractivity contribution in [1.82, 2.24) is 9.80 Å². The number of carbonyl (C=O) groups excluding carboxylic acids is 1. The van der Waals surface area contributed by atoms with Crippen LogP contribution in [-0.2, 0) is 11.3 Å².